The zero-order valence-corrected chi connectivity index (χ0v) is 15.7. The number of hydrogen-bond donors (Lipinski definition) is 2. The minimum atomic E-state index is -0.272. The standard InChI is InChI=1S/C18H24N4O3S/c1-13-12-26-18(19-13)9-16(23)20-21-17(24)11-22(14-5-2-3-6-14)10-15-7-4-8-25-15/h4,7-8,12,14H,2-3,5-6,9-11H2,1H3,(H,20,23)(H,21,24). The summed E-state index contributed by atoms with van der Waals surface area (Å²) in [4.78, 5) is 30.6. The van der Waals surface area contributed by atoms with E-state index in [1.54, 1.807) is 6.26 Å². The molecule has 1 saturated carbocycles. The van der Waals surface area contributed by atoms with Gasteiger partial charge in [0.15, 0.2) is 0 Å². The number of hydrazine groups is 1. The van der Waals surface area contributed by atoms with E-state index < -0.39 is 0 Å². The first kappa shape index (κ1) is 18.6. The third kappa shape index (κ3) is 5.40. The molecule has 0 aromatic carbocycles. The topological polar surface area (TPSA) is 87.5 Å². The summed E-state index contributed by atoms with van der Waals surface area (Å²) in [6.07, 6.45) is 6.35. The smallest absolute Gasteiger partial charge is 0.252 e. The van der Waals surface area contributed by atoms with Crippen molar-refractivity contribution in [1.82, 2.24) is 20.7 Å². The second-order valence-corrected chi connectivity index (χ2v) is 7.52. The van der Waals surface area contributed by atoms with E-state index in [0.717, 1.165) is 29.3 Å². The van der Waals surface area contributed by atoms with Gasteiger partial charge in [0.05, 0.1) is 25.8 Å². The molecule has 0 atom stereocenters. The van der Waals surface area contributed by atoms with Gasteiger partial charge >= 0.3 is 0 Å². The fourth-order valence-corrected chi connectivity index (χ4v) is 3.99. The normalized spacial score (nSPS) is 14.7. The molecule has 0 radical (unpaired) electrons. The highest BCUT2D eigenvalue weighted by molar-refractivity contribution is 7.09. The van der Waals surface area contributed by atoms with Crippen LogP contribution in [0.1, 0.15) is 42.1 Å². The Balaban J connectivity index is 1.48. The van der Waals surface area contributed by atoms with Gasteiger partial charge in [-0.25, -0.2) is 4.98 Å². The number of carbonyl (C=O) groups is 2. The average Bonchev–Trinajstić information content (AvgIpc) is 3.35. The van der Waals surface area contributed by atoms with Crippen molar-refractivity contribution >= 4 is 23.2 Å². The molecule has 2 N–H and O–H groups in total. The summed E-state index contributed by atoms with van der Waals surface area (Å²) in [6, 6.07) is 4.14. The van der Waals surface area contributed by atoms with Crippen LogP contribution >= 0.6 is 11.3 Å². The molecule has 2 aromatic heterocycles. The molecule has 2 aromatic rings. The number of furan rings is 1. The molecule has 8 heteroatoms. The van der Waals surface area contributed by atoms with Crippen LogP contribution in [0.3, 0.4) is 0 Å². The Hall–Kier alpha value is -2.19. The molecule has 0 unspecified atom stereocenters. The number of aryl methyl sites for hydroxylation is 1. The van der Waals surface area contributed by atoms with E-state index in [0.29, 0.717) is 12.6 Å². The van der Waals surface area contributed by atoms with E-state index in [-0.39, 0.29) is 24.8 Å². The van der Waals surface area contributed by atoms with Crippen LogP contribution < -0.4 is 10.9 Å². The lowest BCUT2D eigenvalue weighted by atomic mass is 10.2. The first-order valence-corrected chi connectivity index (χ1v) is 9.73. The predicted octanol–water partition coefficient (Wildman–Crippen LogP) is 2.18. The van der Waals surface area contributed by atoms with E-state index >= 15 is 0 Å². The zero-order valence-electron chi connectivity index (χ0n) is 14.9. The number of aromatic nitrogens is 1. The lowest BCUT2D eigenvalue weighted by Gasteiger charge is -2.27. The van der Waals surface area contributed by atoms with E-state index in [2.05, 4.69) is 20.7 Å². The summed E-state index contributed by atoms with van der Waals surface area (Å²) >= 11 is 1.44. The summed E-state index contributed by atoms with van der Waals surface area (Å²) in [6.45, 7) is 2.70. The Morgan fingerprint density at radius 2 is 2.08 bits per heavy atom. The van der Waals surface area contributed by atoms with Crippen LogP contribution in [0, 0.1) is 6.92 Å². The largest absolute Gasteiger partial charge is 0.468 e. The second kappa shape index (κ2) is 8.95. The lowest BCUT2D eigenvalue weighted by Crippen LogP contribution is -2.48. The number of nitrogens with zero attached hydrogens (tertiary/aromatic N) is 2. The highest BCUT2D eigenvalue weighted by Gasteiger charge is 2.25. The molecular formula is C18H24N4O3S. The van der Waals surface area contributed by atoms with E-state index in [9.17, 15) is 9.59 Å². The summed E-state index contributed by atoms with van der Waals surface area (Å²) < 4.78 is 5.42. The third-order valence-electron chi connectivity index (χ3n) is 4.45. The summed E-state index contributed by atoms with van der Waals surface area (Å²) in [7, 11) is 0. The van der Waals surface area contributed by atoms with E-state index in [1.807, 2.05) is 24.4 Å². The van der Waals surface area contributed by atoms with Crippen LogP contribution in [0.4, 0.5) is 0 Å². The Kier molecular flexibility index (Phi) is 6.40. The van der Waals surface area contributed by atoms with Gasteiger partial charge in [-0.3, -0.25) is 25.3 Å². The first-order valence-electron chi connectivity index (χ1n) is 8.85. The van der Waals surface area contributed by atoms with E-state index in [1.165, 1.54) is 24.2 Å². The highest BCUT2D eigenvalue weighted by atomic mass is 32.1. The van der Waals surface area contributed by atoms with Crippen molar-refractivity contribution in [3.63, 3.8) is 0 Å². The Labute approximate surface area is 156 Å². The van der Waals surface area contributed by atoms with Crippen LogP contribution in [0.5, 0.6) is 0 Å². The molecule has 3 rings (SSSR count). The SMILES string of the molecule is Cc1csc(CC(=O)NNC(=O)CN(Cc2ccco2)C2CCCC2)n1. The molecule has 0 spiro atoms. The number of amides is 2. The fourth-order valence-electron chi connectivity index (χ4n) is 3.22. The molecule has 1 aliphatic rings. The average molecular weight is 376 g/mol. The van der Waals surface area contributed by atoms with Gasteiger partial charge in [-0.2, -0.15) is 0 Å². The van der Waals surface area contributed by atoms with Gasteiger partial charge in [0.25, 0.3) is 5.91 Å². The molecule has 0 aliphatic heterocycles. The maximum Gasteiger partial charge on any atom is 0.252 e. The van der Waals surface area contributed by atoms with Crippen LogP contribution in [0.25, 0.3) is 0 Å². The summed E-state index contributed by atoms with van der Waals surface area (Å²) in [5, 5.41) is 2.63. The van der Waals surface area contributed by atoms with Gasteiger partial charge in [-0.05, 0) is 31.9 Å². The van der Waals surface area contributed by atoms with Crippen molar-refractivity contribution in [2.75, 3.05) is 6.54 Å². The van der Waals surface area contributed by atoms with Crippen molar-refractivity contribution in [3.05, 3.63) is 40.2 Å². The molecule has 2 amide bonds. The van der Waals surface area contributed by atoms with Gasteiger partial charge < -0.3 is 4.42 Å². The summed E-state index contributed by atoms with van der Waals surface area (Å²) in [5.41, 5.74) is 5.88. The minimum Gasteiger partial charge on any atom is -0.468 e. The van der Waals surface area contributed by atoms with Crippen molar-refractivity contribution in [2.24, 2.45) is 0 Å². The number of hydrogen-bond acceptors (Lipinski definition) is 6. The lowest BCUT2D eigenvalue weighted by molar-refractivity contribution is -0.129. The van der Waals surface area contributed by atoms with Gasteiger partial charge in [-0.1, -0.05) is 12.8 Å². The zero-order chi connectivity index (χ0) is 18.4. The Bertz CT molecular complexity index is 723. The molecule has 7 nitrogen and oxygen atoms in total. The minimum absolute atomic E-state index is 0.164. The number of thiazole rings is 1. The van der Waals surface area contributed by atoms with Crippen LogP contribution in [-0.2, 0) is 22.6 Å². The van der Waals surface area contributed by atoms with Gasteiger partial charge in [-0.15, -0.1) is 11.3 Å². The highest BCUT2D eigenvalue weighted by Crippen LogP contribution is 2.24. The number of rotatable bonds is 7. The molecule has 1 aliphatic carbocycles. The first-order chi connectivity index (χ1) is 12.6. The quantitative estimate of drug-likeness (QED) is 0.723. The molecule has 140 valence electrons. The van der Waals surface area contributed by atoms with Gasteiger partial charge in [0, 0.05) is 17.1 Å². The number of nitrogens with one attached hydrogen (secondary N) is 2. The fraction of sp³-hybridized carbons (Fsp3) is 0.500. The van der Waals surface area contributed by atoms with Crippen molar-refractivity contribution in [3.8, 4) is 0 Å². The monoisotopic (exact) mass is 376 g/mol. The predicted molar refractivity (Wildman–Crippen MR) is 98.2 cm³/mol. The van der Waals surface area contributed by atoms with Crippen LogP contribution in [0.2, 0.25) is 0 Å². The molecule has 1 fully saturated rings. The van der Waals surface area contributed by atoms with Crippen LogP contribution in [-0.4, -0.2) is 34.3 Å². The van der Waals surface area contributed by atoms with Gasteiger partial charge in [0.1, 0.15) is 10.8 Å². The molecular weight excluding hydrogens is 352 g/mol. The van der Waals surface area contributed by atoms with Gasteiger partial charge in [0.2, 0.25) is 5.91 Å². The maximum absolute atomic E-state index is 12.3. The third-order valence-corrected chi connectivity index (χ3v) is 5.41. The number of carbonyl (C=O) groups excluding carboxylic acids is 2. The molecule has 26 heavy (non-hydrogen) atoms. The second-order valence-electron chi connectivity index (χ2n) is 6.58. The van der Waals surface area contributed by atoms with Crippen molar-refractivity contribution in [2.45, 2.75) is 51.6 Å². The van der Waals surface area contributed by atoms with E-state index in [4.69, 9.17) is 4.42 Å². The maximum atomic E-state index is 12.3. The Morgan fingerprint density at radius 3 is 2.73 bits per heavy atom. The summed E-state index contributed by atoms with van der Waals surface area (Å²) in [5.74, 6) is 0.339. The molecule has 0 saturated heterocycles. The van der Waals surface area contributed by atoms with Crippen molar-refractivity contribution in [1.29, 1.82) is 0 Å². The molecule has 2 heterocycles. The molecule has 0 bridgehead atoms. The van der Waals surface area contributed by atoms with Crippen LogP contribution in [0.15, 0.2) is 28.2 Å². The Morgan fingerprint density at radius 1 is 1.31 bits per heavy atom. The van der Waals surface area contributed by atoms with Crippen molar-refractivity contribution < 1.29 is 14.0 Å².